The summed E-state index contributed by atoms with van der Waals surface area (Å²) in [6.45, 7) is 18.9. The standard InChI is InChI=1S/C35H43ClFN7O6.C30H34ClFN6O5S.C6H13NO2.CH4/c1-35(2,3)50-34(45)43-14-12-42(13-15-43)32-21-9-8-10-25(30(21)39-33(40-32)49-27-20-41(4)19-26(27)46-5)48-31-22-18-38-44(28-11-6-7-16-47-28)24(22)17-23(37)29(31)36;1-30(2,3)43-29(39)37-13-11-36(12-14-37)27-18-8-7-9-22(25(18)34-28(35-27)44(4)40)42-26-19-17-33-38(23-10-5-6-15-41-23)21(19)16-20(32)24(26)31;1-7-3-5(8)6(4-7)9-2;/h8-10,17-18,26-28H,6-7,11-16,19-20H2,1-5H3;7-9,16-17,23H,5-6,10-15H2,1-4H3;5-6,8H,3-4H2,1-2H3;1H4/t26-,27-,28?;;5-,6-;/m1.1./s1. The number of halogens is 4. The number of likely N-dealkylation sites (tertiary alicyclic amines) is 2. The van der Waals surface area contributed by atoms with Crippen LogP contribution >= 0.6 is 23.2 Å². The van der Waals surface area contributed by atoms with Gasteiger partial charge in [-0.2, -0.15) is 20.2 Å². The minimum absolute atomic E-state index is 0. The molecule has 8 aromatic rings. The molecular formula is C72H94Cl2F2N14O13S. The number of aliphatic hydroxyl groups is 1. The molecule has 0 aliphatic carbocycles. The third-order valence-corrected chi connectivity index (χ3v) is 19.9. The fourth-order valence-electron chi connectivity index (χ4n) is 13.3. The molecule has 10 heterocycles. The summed E-state index contributed by atoms with van der Waals surface area (Å²) in [5, 5.41) is 20.4. The lowest BCUT2D eigenvalue weighted by Crippen LogP contribution is -2.50. The van der Waals surface area contributed by atoms with Gasteiger partial charge in [0.2, 0.25) is 5.16 Å². The van der Waals surface area contributed by atoms with Crippen LogP contribution in [-0.2, 0) is 39.2 Å². The van der Waals surface area contributed by atoms with Crippen LogP contribution in [0, 0.1) is 11.6 Å². The van der Waals surface area contributed by atoms with E-state index in [-0.39, 0.29) is 89.2 Å². The van der Waals surface area contributed by atoms with Gasteiger partial charge >= 0.3 is 18.2 Å². The molecule has 0 saturated carbocycles. The fourth-order valence-corrected chi connectivity index (χ4v) is 14.2. The van der Waals surface area contributed by atoms with Crippen molar-refractivity contribution in [2.75, 3.05) is 136 Å². The predicted molar refractivity (Wildman–Crippen MR) is 392 cm³/mol. The Bertz CT molecular complexity index is 4390. The van der Waals surface area contributed by atoms with Crippen molar-refractivity contribution < 1.29 is 70.3 Å². The van der Waals surface area contributed by atoms with Crippen LogP contribution in [0.3, 0.4) is 0 Å². The Balaban J connectivity index is 0.000000185. The minimum atomic E-state index is -1.51. The molecule has 27 nitrogen and oxygen atoms in total. The Morgan fingerprint density at radius 2 is 1.04 bits per heavy atom. The van der Waals surface area contributed by atoms with Crippen LogP contribution in [0.4, 0.5) is 30.0 Å². The van der Waals surface area contributed by atoms with Gasteiger partial charge in [0.25, 0.3) is 0 Å². The largest absolute Gasteiger partial charge is 0.456 e. The maximum atomic E-state index is 15.4. The summed E-state index contributed by atoms with van der Waals surface area (Å²) in [6, 6.07) is 13.7. The average molecular weight is 1500 g/mol. The van der Waals surface area contributed by atoms with Crippen molar-refractivity contribution in [3.63, 3.8) is 0 Å². The highest BCUT2D eigenvalue weighted by Gasteiger charge is 2.37. The molecule has 32 heteroatoms. The quantitative estimate of drug-likeness (QED) is 0.105. The van der Waals surface area contributed by atoms with Crippen LogP contribution in [0.5, 0.6) is 29.0 Å². The number of carbonyl (C=O) groups excluding carboxylic acids is 2. The second-order valence-corrected chi connectivity index (χ2v) is 30.5. The molecule has 6 aliphatic heterocycles. The molecule has 4 aromatic carbocycles. The van der Waals surface area contributed by atoms with Gasteiger partial charge in [-0.15, -0.1) is 0 Å². The predicted octanol–water partition coefficient (Wildman–Crippen LogP) is 12.0. The monoisotopic (exact) mass is 1500 g/mol. The number of amides is 2. The molecule has 6 aliphatic rings. The Morgan fingerprint density at radius 3 is 1.45 bits per heavy atom. The lowest BCUT2D eigenvalue weighted by molar-refractivity contribution is -0.0368. The topological polar surface area (TPSA) is 261 Å². The summed E-state index contributed by atoms with van der Waals surface area (Å²) >= 11 is 13.1. The molecule has 0 radical (unpaired) electrons. The van der Waals surface area contributed by atoms with E-state index >= 15 is 8.78 Å². The number of anilines is 2. The van der Waals surface area contributed by atoms with Crippen molar-refractivity contribution in [2.24, 2.45) is 0 Å². The summed E-state index contributed by atoms with van der Waals surface area (Å²) < 4.78 is 99.6. The molecule has 7 atom stereocenters. The van der Waals surface area contributed by atoms with Crippen molar-refractivity contribution in [2.45, 2.75) is 141 Å². The molecule has 14 rings (SSSR count). The number of aliphatic hydroxyl groups excluding tert-OH is 1. The third-order valence-electron chi connectivity index (χ3n) is 18.5. The van der Waals surface area contributed by atoms with E-state index in [1.807, 2.05) is 78.7 Å². The maximum absolute atomic E-state index is 15.4. The molecular weight excluding hydrogens is 1410 g/mol. The van der Waals surface area contributed by atoms with Crippen LogP contribution in [0.2, 0.25) is 10.0 Å². The van der Waals surface area contributed by atoms with Gasteiger partial charge in [0, 0.05) is 135 Å². The van der Waals surface area contributed by atoms with Crippen molar-refractivity contribution >= 4 is 101 Å². The number of ether oxygens (including phenoxy) is 9. The second kappa shape index (κ2) is 33.0. The highest BCUT2D eigenvalue weighted by Crippen LogP contribution is 2.45. The average Bonchev–Trinajstić information content (AvgIpc) is 1.41. The molecule has 6 fully saturated rings. The number of hydrogen-bond acceptors (Lipinski definition) is 23. The number of β-amino-alcohol motifs (C(OH)–C–C–N with tert-alkyl or cyclic N) is 1. The number of rotatable bonds is 13. The van der Waals surface area contributed by atoms with Crippen LogP contribution < -0.4 is 24.0 Å². The van der Waals surface area contributed by atoms with Gasteiger partial charge in [0.05, 0.1) is 57.2 Å². The number of hydrogen-bond donors (Lipinski definition) is 1. The lowest BCUT2D eigenvalue weighted by Gasteiger charge is -2.36. The second-order valence-electron chi connectivity index (χ2n) is 28.4. The van der Waals surface area contributed by atoms with Crippen molar-refractivity contribution in [1.29, 1.82) is 0 Å². The molecule has 0 spiro atoms. The van der Waals surface area contributed by atoms with E-state index in [0.717, 1.165) is 51.6 Å². The number of methoxy groups -OCH3 is 2. The SMILES string of the molecule is C.CO[C@@H]1CN(C)C[C@H]1O.CO[C@@H]1CN(C)C[C@H]1Oc1nc(N2CCN(C(=O)OC(C)(C)C)CC2)c2cccc(Oc3c(Cl)c(F)cc4c3cnn4C3CCCCO3)c2n1.CS(=O)c1nc(N2CCN(C(=O)OC(C)(C)C)CC2)c2cccc(Oc3c(Cl)c(F)cc4c3cnn4C3CCCCO3)c2n1. The Kier molecular flexibility index (Phi) is 24.6. The van der Waals surface area contributed by atoms with Gasteiger partial charge in [0.15, 0.2) is 35.5 Å². The maximum Gasteiger partial charge on any atom is 0.410 e. The summed E-state index contributed by atoms with van der Waals surface area (Å²) in [4.78, 5) is 56.1. The normalized spacial score (nSPS) is 21.7. The first-order valence-electron chi connectivity index (χ1n) is 34.7. The van der Waals surface area contributed by atoms with E-state index in [4.69, 9.17) is 75.8 Å². The van der Waals surface area contributed by atoms with Gasteiger partial charge in [-0.1, -0.05) is 42.8 Å². The number of para-hydroxylation sites is 2. The van der Waals surface area contributed by atoms with E-state index in [0.29, 0.717) is 145 Å². The van der Waals surface area contributed by atoms with Crippen LogP contribution in [0.1, 0.15) is 99.9 Å². The van der Waals surface area contributed by atoms with E-state index in [1.165, 1.54) is 18.4 Å². The number of benzene rings is 4. The fraction of sp³-hybridized carbons (Fsp3) is 0.556. The Morgan fingerprint density at radius 1 is 0.596 bits per heavy atom. The molecule has 3 unspecified atom stereocenters. The number of likely N-dealkylation sites (N-methyl/N-ethyl adjacent to an activating group) is 2. The number of nitrogens with zero attached hydrogens (tertiary/aromatic N) is 14. The molecule has 564 valence electrons. The first-order valence-corrected chi connectivity index (χ1v) is 37.0. The Labute approximate surface area is 616 Å². The molecule has 4 aromatic heterocycles. The molecule has 1 N–H and O–H groups in total. The van der Waals surface area contributed by atoms with Crippen molar-refractivity contribution in [3.05, 3.63) is 82.6 Å². The highest BCUT2D eigenvalue weighted by molar-refractivity contribution is 7.84. The molecule has 6 saturated heterocycles. The van der Waals surface area contributed by atoms with E-state index in [1.54, 1.807) is 64.0 Å². The molecule has 2 amide bonds. The molecule has 0 bridgehead atoms. The number of aromatic nitrogens is 8. The Hall–Kier alpha value is -7.65. The van der Waals surface area contributed by atoms with Crippen LogP contribution in [0.25, 0.3) is 43.6 Å². The smallest absolute Gasteiger partial charge is 0.410 e. The number of carbonyl (C=O) groups is 2. The van der Waals surface area contributed by atoms with E-state index in [2.05, 4.69) is 34.9 Å². The minimum Gasteiger partial charge on any atom is -0.456 e. The summed E-state index contributed by atoms with van der Waals surface area (Å²) in [7, 11) is 5.76. The molecule has 104 heavy (non-hydrogen) atoms. The number of piperazine rings is 2. The van der Waals surface area contributed by atoms with Gasteiger partial charge in [-0.25, -0.2) is 37.7 Å². The van der Waals surface area contributed by atoms with Gasteiger partial charge in [0.1, 0.15) is 67.8 Å². The van der Waals surface area contributed by atoms with E-state index in [9.17, 15) is 18.9 Å². The van der Waals surface area contributed by atoms with Crippen LogP contribution in [-0.4, -0.2) is 243 Å². The zero-order valence-electron chi connectivity index (χ0n) is 59.9. The zero-order valence-corrected chi connectivity index (χ0v) is 62.2. The van der Waals surface area contributed by atoms with E-state index < -0.39 is 33.6 Å². The zero-order chi connectivity index (χ0) is 73.2. The lowest BCUT2D eigenvalue weighted by atomic mass is 10.1. The summed E-state index contributed by atoms with van der Waals surface area (Å²) in [5.74, 6) is 0.754. The van der Waals surface area contributed by atoms with Crippen molar-refractivity contribution in [3.8, 4) is 29.0 Å². The van der Waals surface area contributed by atoms with Gasteiger partial charge in [-0.05, 0) is 118 Å². The first-order chi connectivity index (χ1) is 49.2. The highest BCUT2D eigenvalue weighted by atomic mass is 35.5. The summed E-state index contributed by atoms with van der Waals surface area (Å²) in [5.41, 5.74) is 0.695. The number of fused-ring (bicyclic) bond motifs is 4. The third kappa shape index (κ3) is 17.6. The first kappa shape index (κ1) is 77.4. The van der Waals surface area contributed by atoms with Gasteiger partial charge < -0.3 is 72.2 Å². The summed E-state index contributed by atoms with van der Waals surface area (Å²) in [6.07, 6.45) is 8.12. The van der Waals surface area contributed by atoms with Crippen LogP contribution in [0.15, 0.2) is 66.1 Å². The van der Waals surface area contributed by atoms with Gasteiger partial charge in [-0.3, -0.25) is 9.11 Å². The van der Waals surface area contributed by atoms with Crippen molar-refractivity contribution in [1.82, 2.24) is 59.1 Å².